The molecule has 3 nitrogen and oxygen atoms in total. The molecule has 0 aromatic heterocycles. The van der Waals surface area contributed by atoms with Gasteiger partial charge in [0.25, 0.3) is 0 Å². The molecule has 0 aliphatic heterocycles. The SMILES string of the molecule is OCCOCCNCC(=S)S. The lowest BCUT2D eigenvalue weighted by Crippen LogP contribution is -2.24. The van der Waals surface area contributed by atoms with Gasteiger partial charge >= 0.3 is 0 Å². The van der Waals surface area contributed by atoms with E-state index in [1.807, 2.05) is 0 Å². The molecule has 0 heterocycles. The molecule has 0 saturated heterocycles. The van der Waals surface area contributed by atoms with Crippen LogP contribution in [-0.4, -0.2) is 42.2 Å². The van der Waals surface area contributed by atoms with Crippen LogP contribution < -0.4 is 5.32 Å². The zero-order chi connectivity index (χ0) is 8.53. The summed E-state index contributed by atoms with van der Waals surface area (Å²) >= 11 is 8.65. The van der Waals surface area contributed by atoms with Crippen molar-refractivity contribution in [1.29, 1.82) is 0 Å². The van der Waals surface area contributed by atoms with Crippen LogP contribution in [0.1, 0.15) is 0 Å². The number of ether oxygens (including phenoxy) is 1. The van der Waals surface area contributed by atoms with Gasteiger partial charge in [0.15, 0.2) is 0 Å². The first-order valence-corrected chi connectivity index (χ1v) is 4.24. The predicted molar refractivity (Wildman–Crippen MR) is 52.4 cm³/mol. The van der Waals surface area contributed by atoms with Crippen molar-refractivity contribution in [3.8, 4) is 0 Å². The van der Waals surface area contributed by atoms with Crippen LogP contribution in [0.3, 0.4) is 0 Å². The molecule has 0 aromatic carbocycles. The van der Waals surface area contributed by atoms with Crippen molar-refractivity contribution in [3.63, 3.8) is 0 Å². The molecular formula is C6H13NO2S2. The zero-order valence-electron chi connectivity index (χ0n) is 6.25. The highest BCUT2D eigenvalue weighted by Crippen LogP contribution is 1.79. The van der Waals surface area contributed by atoms with Gasteiger partial charge in [-0.1, -0.05) is 12.2 Å². The Hall–Kier alpha value is 0.320. The molecule has 0 bridgehead atoms. The van der Waals surface area contributed by atoms with Crippen LogP contribution in [0.4, 0.5) is 0 Å². The summed E-state index contributed by atoms with van der Waals surface area (Å²) in [7, 11) is 0. The van der Waals surface area contributed by atoms with Gasteiger partial charge < -0.3 is 15.2 Å². The third-order valence-corrected chi connectivity index (χ3v) is 1.24. The molecule has 0 rings (SSSR count). The van der Waals surface area contributed by atoms with E-state index in [0.29, 0.717) is 24.0 Å². The fourth-order valence-corrected chi connectivity index (χ4v) is 0.720. The average molecular weight is 195 g/mol. The molecule has 0 aromatic rings. The van der Waals surface area contributed by atoms with Gasteiger partial charge in [-0.25, -0.2) is 0 Å². The van der Waals surface area contributed by atoms with Gasteiger partial charge in [-0.05, 0) is 0 Å². The highest BCUT2D eigenvalue weighted by Gasteiger charge is 1.89. The fraction of sp³-hybridized carbons (Fsp3) is 0.833. The Bertz CT molecular complexity index is 111. The highest BCUT2D eigenvalue weighted by molar-refractivity contribution is 8.11. The maximum absolute atomic E-state index is 8.33. The second kappa shape index (κ2) is 8.42. The second-order valence-corrected chi connectivity index (χ2v) is 3.24. The average Bonchev–Trinajstić information content (AvgIpc) is 1.96. The number of thiol groups is 1. The standard InChI is InChI=1S/C6H13NO2S2/c8-2-4-9-3-1-7-5-6(10)11/h7-8H,1-5H2,(H,10,11). The molecule has 2 N–H and O–H groups in total. The fourth-order valence-electron chi connectivity index (χ4n) is 0.506. The summed E-state index contributed by atoms with van der Waals surface area (Å²) in [6, 6.07) is 0. The second-order valence-electron chi connectivity index (χ2n) is 1.91. The molecular weight excluding hydrogens is 182 g/mol. The van der Waals surface area contributed by atoms with Crippen LogP contribution in [0.15, 0.2) is 0 Å². The molecule has 0 fully saturated rings. The molecule has 0 saturated carbocycles. The van der Waals surface area contributed by atoms with E-state index >= 15 is 0 Å². The number of nitrogens with one attached hydrogen (secondary N) is 1. The molecule has 66 valence electrons. The number of hydrogen-bond donors (Lipinski definition) is 3. The van der Waals surface area contributed by atoms with Crippen molar-refractivity contribution in [3.05, 3.63) is 0 Å². The monoisotopic (exact) mass is 195 g/mol. The Morgan fingerprint density at radius 1 is 1.55 bits per heavy atom. The lowest BCUT2D eigenvalue weighted by Gasteiger charge is -2.02. The largest absolute Gasteiger partial charge is 0.394 e. The smallest absolute Gasteiger partial charge is 0.0698 e. The number of thiocarbonyl (C=S) groups is 1. The third-order valence-electron chi connectivity index (χ3n) is 0.935. The Balaban J connectivity index is 2.85. The minimum Gasteiger partial charge on any atom is -0.394 e. The van der Waals surface area contributed by atoms with Gasteiger partial charge in [0.05, 0.1) is 24.0 Å². The molecule has 0 spiro atoms. The van der Waals surface area contributed by atoms with Crippen LogP contribution in [0.25, 0.3) is 0 Å². The summed E-state index contributed by atoms with van der Waals surface area (Å²) in [4.78, 5) is 0. The summed E-state index contributed by atoms with van der Waals surface area (Å²) in [6.07, 6.45) is 0. The van der Waals surface area contributed by atoms with Gasteiger partial charge in [-0.3, -0.25) is 0 Å². The normalized spacial score (nSPS) is 10.0. The topological polar surface area (TPSA) is 41.5 Å². The van der Waals surface area contributed by atoms with Crippen LogP contribution >= 0.6 is 24.8 Å². The summed E-state index contributed by atoms with van der Waals surface area (Å²) in [5.74, 6) is 0. The molecule has 0 unspecified atom stereocenters. The van der Waals surface area contributed by atoms with E-state index < -0.39 is 0 Å². The van der Waals surface area contributed by atoms with Crippen molar-refractivity contribution in [2.24, 2.45) is 0 Å². The first-order valence-electron chi connectivity index (χ1n) is 3.38. The molecule has 0 atom stereocenters. The molecule has 5 heteroatoms. The van der Waals surface area contributed by atoms with Gasteiger partial charge in [-0.2, -0.15) is 0 Å². The Kier molecular flexibility index (Phi) is 8.66. The van der Waals surface area contributed by atoms with E-state index in [9.17, 15) is 0 Å². The van der Waals surface area contributed by atoms with Crippen molar-refractivity contribution in [2.75, 3.05) is 32.9 Å². The van der Waals surface area contributed by atoms with E-state index in [1.54, 1.807) is 0 Å². The van der Waals surface area contributed by atoms with Gasteiger partial charge in [0.1, 0.15) is 0 Å². The van der Waals surface area contributed by atoms with Crippen molar-refractivity contribution in [1.82, 2.24) is 5.32 Å². The minimum atomic E-state index is 0.0744. The van der Waals surface area contributed by atoms with E-state index in [0.717, 1.165) is 6.54 Å². The number of rotatable bonds is 7. The molecule has 0 aliphatic rings. The summed E-state index contributed by atoms with van der Waals surface area (Å²) in [5.41, 5.74) is 0. The minimum absolute atomic E-state index is 0.0744. The summed E-state index contributed by atoms with van der Waals surface area (Å²) in [5, 5.41) is 11.4. The lowest BCUT2D eigenvalue weighted by molar-refractivity contribution is 0.0945. The van der Waals surface area contributed by atoms with E-state index in [1.165, 1.54) is 0 Å². The zero-order valence-corrected chi connectivity index (χ0v) is 7.96. The maximum Gasteiger partial charge on any atom is 0.0698 e. The van der Waals surface area contributed by atoms with Crippen molar-refractivity contribution in [2.45, 2.75) is 0 Å². The van der Waals surface area contributed by atoms with Crippen molar-refractivity contribution >= 4 is 29.0 Å². The number of aliphatic hydroxyl groups excluding tert-OH is 1. The number of hydrogen-bond acceptors (Lipinski definition) is 4. The first kappa shape index (κ1) is 11.3. The predicted octanol–water partition coefficient (Wildman–Crippen LogP) is -0.158. The maximum atomic E-state index is 8.33. The van der Waals surface area contributed by atoms with E-state index in [2.05, 4.69) is 17.9 Å². The van der Waals surface area contributed by atoms with Crippen LogP contribution in [0.2, 0.25) is 0 Å². The lowest BCUT2D eigenvalue weighted by atomic mass is 10.6. The Morgan fingerprint density at radius 2 is 2.27 bits per heavy atom. The van der Waals surface area contributed by atoms with Crippen LogP contribution in [0.5, 0.6) is 0 Å². The van der Waals surface area contributed by atoms with Gasteiger partial charge in [0, 0.05) is 13.1 Å². The Labute approximate surface area is 77.5 Å². The number of aliphatic hydroxyl groups is 1. The Morgan fingerprint density at radius 3 is 2.82 bits per heavy atom. The quantitative estimate of drug-likeness (QED) is 0.300. The summed E-state index contributed by atoms with van der Waals surface area (Å²) < 4.78 is 5.63. The van der Waals surface area contributed by atoms with Gasteiger partial charge in [0.2, 0.25) is 0 Å². The van der Waals surface area contributed by atoms with Crippen molar-refractivity contribution < 1.29 is 9.84 Å². The van der Waals surface area contributed by atoms with E-state index in [-0.39, 0.29) is 6.61 Å². The summed E-state index contributed by atoms with van der Waals surface area (Å²) in [6.45, 7) is 2.43. The van der Waals surface area contributed by atoms with E-state index in [4.69, 9.17) is 22.1 Å². The molecule has 11 heavy (non-hydrogen) atoms. The highest BCUT2D eigenvalue weighted by atomic mass is 32.1. The molecule has 0 aliphatic carbocycles. The molecule has 0 radical (unpaired) electrons. The van der Waals surface area contributed by atoms with Gasteiger partial charge in [-0.15, -0.1) is 12.6 Å². The van der Waals surface area contributed by atoms with Crippen LogP contribution in [-0.2, 0) is 4.74 Å². The van der Waals surface area contributed by atoms with Crippen LogP contribution in [0, 0.1) is 0 Å². The first-order chi connectivity index (χ1) is 5.27. The molecule has 0 amide bonds. The third kappa shape index (κ3) is 10.3.